The molecular weight excluding hydrogens is 250 g/mol. The van der Waals surface area contributed by atoms with Crippen LogP contribution in [0.2, 0.25) is 0 Å². The van der Waals surface area contributed by atoms with E-state index in [4.69, 9.17) is 9.47 Å². The van der Waals surface area contributed by atoms with Gasteiger partial charge in [-0.1, -0.05) is 12.1 Å². The highest BCUT2D eigenvalue weighted by Gasteiger charge is 2.19. The Morgan fingerprint density at radius 3 is 2.55 bits per heavy atom. The first-order chi connectivity index (χ1) is 9.69. The summed E-state index contributed by atoms with van der Waals surface area (Å²) in [5, 5.41) is 0. The van der Waals surface area contributed by atoms with E-state index in [1.165, 1.54) is 18.5 Å². The molecule has 1 unspecified atom stereocenters. The number of hydrogen-bond acceptors (Lipinski definition) is 3. The minimum atomic E-state index is 0.354. The predicted octanol–water partition coefficient (Wildman–Crippen LogP) is 3.47. The van der Waals surface area contributed by atoms with E-state index in [9.17, 15) is 0 Å². The minimum absolute atomic E-state index is 0.354. The minimum Gasteiger partial charge on any atom is -0.490 e. The van der Waals surface area contributed by atoms with Crippen molar-refractivity contribution in [1.82, 2.24) is 4.90 Å². The fourth-order valence-corrected chi connectivity index (χ4v) is 2.75. The molecule has 0 N–H and O–H groups in total. The second-order valence-electron chi connectivity index (χ2n) is 5.88. The van der Waals surface area contributed by atoms with E-state index in [1.54, 1.807) is 7.11 Å². The van der Waals surface area contributed by atoms with Crippen LogP contribution < -0.4 is 4.74 Å². The molecule has 3 nitrogen and oxygen atoms in total. The number of likely N-dealkylation sites (tertiary alicyclic amines) is 1. The second kappa shape index (κ2) is 7.65. The SMILES string of the molecule is COCc1ccc(OC2CCCN(C(C)C)CC2)cc1. The first kappa shape index (κ1) is 15.3. The summed E-state index contributed by atoms with van der Waals surface area (Å²) in [4.78, 5) is 2.55. The molecule has 20 heavy (non-hydrogen) atoms. The van der Waals surface area contributed by atoms with Crippen molar-refractivity contribution in [3.8, 4) is 5.75 Å². The fraction of sp³-hybridized carbons (Fsp3) is 0.647. The Morgan fingerprint density at radius 1 is 1.15 bits per heavy atom. The van der Waals surface area contributed by atoms with Crippen molar-refractivity contribution in [3.63, 3.8) is 0 Å². The van der Waals surface area contributed by atoms with Crippen LogP contribution in [0.25, 0.3) is 0 Å². The van der Waals surface area contributed by atoms with Gasteiger partial charge in [0.1, 0.15) is 5.75 Å². The molecule has 1 atom stereocenters. The summed E-state index contributed by atoms with van der Waals surface area (Å²) < 4.78 is 11.3. The molecule has 1 aliphatic heterocycles. The standard InChI is InChI=1S/C17H27NO2/c1-14(2)18-11-4-5-16(10-12-18)20-17-8-6-15(7-9-17)13-19-3/h6-9,14,16H,4-5,10-13H2,1-3H3. The van der Waals surface area contributed by atoms with Crippen molar-refractivity contribution in [1.29, 1.82) is 0 Å². The van der Waals surface area contributed by atoms with Crippen LogP contribution in [0.3, 0.4) is 0 Å². The van der Waals surface area contributed by atoms with Gasteiger partial charge in [-0.25, -0.2) is 0 Å². The maximum atomic E-state index is 6.13. The van der Waals surface area contributed by atoms with Crippen LogP contribution in [-0.4, -0.2) is 37.2 Å². The molecule has 0 radical (unpaired) electrons. The molecule has 0 saturated carbocycles. The molecule has 1 aromatic carbocycles. The van der Waals surface area contributed by atoms with Crippen molar-refractivity contribution < 1.29 is 9.47 Å². The van der Waals surface area contributed by atoms with E-state index in [2.05, 4.69) is 43.0 Å². The molecule has 2 rings (SSSR count). The largest absolute Gasteiger partial charge is 0.490 e. The van der Waals surface area contributed by atoms with Gasteiger partial charge in [0, 0.05) is 19.7 Å². The summed E-state index contributed by atoms with van der Waals surface area (Å²) in [5.41, 5.74) is 1.19. The average molecular weight is 277 g/mol. The molecule has 112 valence electrons. The van der Waals surface area contributed by atoms with Gasteiger partial charge < -0.3 is 14.4 Å². The Balaban J connectivity index is 1.86. The van der Waals surface area contributed by atoms with Gasteiger partial charge in [-0.3, -0.25) is 0 Å². The van der Waals surface area contributed by atoms with Crippen molar-refractivity contribution >= 4 is 0 Å². The topological polar surface area (TPSA) is 21.7 Å². The van der Waals surface area contributed by atoms with E-state index < -0.39 is 0 Å². The lowest BCUT2D eigenvalue weighted by molar-refractivity contribution is 0.173. The van der Waals surface area contributed by atoms with Crippen LogP contribution in [0, 0.1) is 0 Å². The maximum absolute atomic E-state index is 6.13. The molecule has 1 aromatic rings. The van der Waals surface area contributed by atoms with E-state index in [0.717, 1.165) is 25.1 Å². The molecule has 0 aliphatic carbocycles. The zero-order valence-corrected chi connectivity index (χ0v) is 13.0. The molecule has 0 bridgehead atoms. The molecule has 0 spiro atoms. The predicted molar refractivity (Wildman–Crippen MR) is 82.1 cm³/mol. The van der Waals surface area contributed by atoms with Crippen LogP contribution in [0.5, 0.6) is 5.75 Å². The third kappa shape index (κ3) is 4.50. The summed E-state index contributed by atoms with van der Waals surface area (Å²) in [6, 6.07) is 8.91. The molecule has 3 heteroatoms. The van der Waals surface area contributed by atoms with Crippen molar-refractivity contribution in [2.75, 3.05) is 20.2 Å². The van der Waals surface area contributed by atoms with Gasteiger partial charge in [-0.15, -0.1) is 0 Å². The third-order valence-electron chi connectivity index (χ3n) is 3.98. The number of methoxy groups -OCH3 is 1. The molecule has 1 saturated heterocycles. The van der Waals surface area contributed by atoms with Gasteiger partial charge in [0.15, 0.2) is 0 Å². The second-order valence-corrected chi connectivity index (χ2v) is 5.88. The number of benzene rings is 1. The smallest absolute Gasteiger partial charge is 0.119 e. The van der Waals surface area contributed by atoms with E-state index in [-0.39, 0.29) is 0 Å². The lowest BCUT2D eigenvalue weighted by Crippen LogP contribution is -2.32. The highest BCUT2D eigenvalue weighted by atomic mass is 16.5. The lowest BCUT2D eigenvalue weighted by Gasteiger charge is -2.24. The van der Waals surface area contributed by atoms with Crippen molar-refractivity contribution in [3.05, 3.63) is 29.8 Å². The molecule has 1 heterocycles. The molecule has 1 aliphatic rings. The van der Waals surface area contributed by atoms with Crippen LogP contribution in [0.4, 0.5) is 0 Å². The first-order valence-electron chi connectivity index (χ1n) is 7.67. The summed E-state index contributed by atoms with van der Waals surface area (Å²) in [6.07, 6.45) is 3.86. The molecule has 1 fully saturated rings. The van der Waals surface area contributed by atoms with Crippen LogP contribution in [-0.2, 0) is 11.3 Å². The average Bonchev–Trinajstić information content (AvgIpc) is 2.67. The number of ether oxygens (including phenoxy) is 2. The van der Waals surface area contributed by atoms with Crippen LogP contribution in [0.1, 0.15) is 38.7 Å². The van der Waals surface area contributed by atoms with Gasteiger partial charge in [-0.2, -0.15) is 0 Å². The summed E-state index contributed by atoms with van der Waals surface area (Å²) in [6.45, 7) is 7.55. The summed E-state index contributed by atoms with van der Waals surface area (Å²) in [5.74, 6) is 0.979. The summed E-state index contributed by atoms with van der Waals surface area (Å²) >= 11 is 0. The number of hydrogen-bond donors (Lipinski definition) is 0. The van der Waals surface area contributed by atoms with E-state index >= 15 is 0 Å². The third-order valence-corrected chi connectivity index (χ3v) is 3.98. The Labute approximate surface area is 122 Å². The van der Waals surface area contributed by atoms with Gasteiger partial charge in [0.25, 0.3) is 0 Å². The van der Waals surface area contributed by atoms with Crippen molar-refractivity contribution in [2.45, 2.75) is 51.9 Å². The molecule has 0 amide bonds. The van der Waals surface area contributed by atoms with Crippen molar-refractivity contribution in [2.24, 2.45) is 0 Å². The van der Waals surface area contributed by atoms with E-state index in [0.29, 0.717) is 18.8 Å². The van der Waals surface area contributed by atoms with Gasteiger partial charge in [0.05, 0.1) is 12.7 Å². The highest BCUT2D eigenvalue weighted by molar-refractivity contribution is 5.27. The lowest BCUT2D eigenvalue weighted by atomic mass is 10.1. The zero-order valence-electron chi connectivity index (χ0n) is 13.0. The number of nitrogens with zero attached hydrogens (tertiary/aromatic N) is 1. The normalized spacial score (nSPS) is 20.9. The number of rotatable bonds is 5. The van der Waals surface area contributed by atoms with Gasteiger partial charge in [0.2, 0.25) is 0 Å². The van der Waals surface area contributed by atoms with Gasteiger partial charge in [-0.05, 0) is 57.4 Å². The summed E-state index contributed by atoms with van der Waals surface area (Å²) in [7, 11) is 1.72. The quantitative estimate of drug-likeness (QED) is 0.822. The molecular formula is C17H27NO2. The first-order valence-corrected chi connectivity index (χ1v) is 7.67. The zero-order chi connectivity index (χ0) is 14.4. The maximum Gasteiger partial charge on any atom is 0.119 e. The highest BCUT2D eigenvalue weighted by Crippen LogP contribution is 2.20. The molecule has 0 aromatic heterocycles. The Kier molecular flexibility index (Phi) is 5.86. The monoisotopic (exact) mass is 277 g/mol. The Bertz CT molecular complexity index is 388. The van der Waals surface area contributed by atoms with Gasteiger partial charge >= 0.3 is 0 Å². The van der Waals surface area contributed by atoms with Crippen LogP contribution >= 0.6 is 0 Å². The van der Waals surface area contributed by atoms with E-state index in [1.807, 2.05) is 0 Å². The Morgan fingerprint density at radius 2 is 1.90 bits per heavy atom. The fourth-order valence-electron chi connectivity index (χ4n) is 2.75. The van der Waals surface area contributed by atoms with Crippen LogP contribution in [0.15, 0.2) is 24.3 Å². The Hall–Kier alpha value is -1.06.